The molecule has 0 aliphatic rings. The summed E-state index contributed by atoms with van der Waals surface area (Å²) in [4.78, 5) is 14.4. The molecule has 94 valence electrons. The Morgan fingerprint density at radius 3 is 2.89 bits per heavy atom. The highest BCUT2D eigenvalue weighted by Gasteiger charge is 2.06. The fraction of sp³-hybridized carbons (Fsp3) is 0.154. The first-order chi connectivity index (χ1) is 8.65. The summed E-state index contributed by atoms with van der Waals surface area (Å²) in [5.41, 5.74) is 1.26. The molecule has 0 saturated carbocycles. The fourth-order valence-electron chi connectivity index (χ4n) is 1.61. The Hall–Kier alpha value is -1.81. The zero-order chi connectivity index (χ0) is 13.0. The van der Waals surface area contributed by atoms with Crippen molar-refractivity contribution >= 4 is 17.5 Å². The Balaban J connectivity index is 1.84. The third-order valence-electron chi connectivity index (χ3n) is 2.48. The van der Waals surface area contributed by atoms with Crippen molar-refractivity contribution in [3.63, 3.8) is 0 Å². The van der Waals surface area contributed by atoms with Crippen LogP contribution in [0.3, 0.4) is 0 Å². The van der Waals surface area contributed by atoms with Crippen LogP contribution in [-0.4, -0.2) is 17.4 Å². The lowest BCUT2D eigenvalue weighted by atomic mass is 10.1. The average molecular weight is 267 g/mol. The molecule has 0 spiro atoms. The van der Waals surface area contributed by atoms with Crippen molar-refractivity contribution in [3.05, 3.63) is 58.6 Å². The molecule has 2 rings (SSSR count). The first kappa shape index (κ1) is 12.6. The summed E-state index contributed by atoms with van der Waals surface area (Å²) >= 11 is 5.70. The minimum atomic E-state index is -0.269. The van der Waals surface area contributed by atoms with Gasteiger partial charge in [-0.15, -0.1) is 0 Å². The number of benzene rings is 1. The summed E-state index contributed by atoms with van der Waals surface area (Å²) in [5.74, 6) is -0.492. The molecule has 0 aliphatic carbocycles. The van der Waals surface area contributed by atoms with Gasteiger partial charge in [0.25, 0.3) is 5.91 Å². The first-order valence-electron chi connectivity index (χ1n) is 5.52. The number of carbonyl (C=O) groups excluding carboxylic acids is 1. The van der Waals surface area contributed by atoms with E-state index in [0.717, 1.165) is 5.56 Å². The number of amides is 1. The van der Waals surface area contributed by atoms with Gasteiger partial charge in [-0.1, -0.05) is 23.7 Å². The number of hydrogen-bond acceptors (Lipinski definition) is 1. The van der Waals surface area contributed by atoms with E-state index in [0.29, 0.717) is 23.7 Å². The topological polar surface area (TPSA) is 44.9 Å². The Morgan fingerprint density at radius 2 is 2.22 bits per heavy atom. The van der Waals surface area contributed by atoms with Gasteiger partial charge in [0.15, 0.2) is 0 Å². The van der Waals surface area contributed by atoms with Crippen LogP contribution in [0.5, 0.6) is 0 Å². The van der Waals surface area contributed by atoms with Crippen LogP contribution in [0.1, 0.15) is 16.1 Å². The van der Waals surface area contributed by atoms with E-state index in [1.54, 1.807) is 18.3 Å². The third-order valence-corrected chi connectivity index (χ3v) is 2.70. The van der Waals surface area contributed by atoms with Crippen molar-refractivity contribution < 1.29 is 9.18 Å². The molecule has 1 aromatic heterocycles. The van der Waals surface area contributed by atoms with Gasteiger partial charge in [0.1, 0.15) is 11.5 Å². The molecule has 1 aromatic carbocycles. The second-order valence-electron chi connectivity index (χ2n) is 3.87. The molecule has 2 N–H and O–H groups in total. The van der Waals surface area contributed by atoms with E-state index < -0.39 is 0 Å². The van der Waals surface area contributed by atoms with Crippen molar-refractivity contribution in [1.82, 2.24) is 10.3 Å². The smallest absolute Gasteiger partial charge is 0.267 e. The maximum absolute atomic E-state index is 12.9. The van der Waals surface area contributed by atoms with Crippen LogP contribution in [0.25, 0.3) is 0 Å². The fourth-order valence-corrected chi connectivity index (χ4v) is 1.77. The lowest BCUT2D eigenvalue weighted by molar-refractivity contribution is 0.0950. The summed E-state index contributed by atoms with van der Waals surface area (Å²) in [6.45, 7) is 0.443. The van der Waals surface area contributed by atoms with E-state index in [1.807, 2.05) is 6.07 Å². The van der Waals surface area contributed by atoms with Gasteiger partial charge in [-0.3, -0.25) is 4.79 Å². The number of nitrogens with one attached hydrogen (secondary N) is 2. The number of aromatic nitrogens is 1. The second kappa shape index (κ2) is 5.69. The molecule has 0 radical (unpaired) electrons. The Morgan fingerprint density at radius 1 is 1.39 bits per heavy atom. The van der Waals surface area contributed by atoms with Crippen LogP contribution in [0.2, 0.25) is 5.02 Å². The maximum Gasteiger partial charge on any atom is 0.267 e. The predicted octanol–water partition coefficient (Wildman–Crippen LogP) is 2.78. The number of H-pyrrole nitrogens is 1. The summed E-state index contributed by atoms with van der Waals surface area (Å²) in [6.07, 6.45) is 2.13. The van der Waals surface area contributed by atoms with E-state index in [-0.39, 0.29) is 11.7 Å². The number of carbonyl (C=O) groups is 1. The van der Waals surface area contributed by atoms with Crippen LogP contribution in [-0.2, 0) is 6.42 Å². The minimum absolute atomic E-state index is 0.224. The van der Waals surface area contributed by atoms with Gasteiger partial charge in [-0.25, -0.2) is 4.39 Å². The van der Waals surface area contributed by atoms with Crippen molar-refractivity contribution in [2.75, 3.05) is 6.54 Å². The molecule has 0 unspecified atom stereocenters. The van der Waals surface area contributed by atoms with E-state index in [2.05, 4.69) is 10.3 Å². The lowest BCUT2D eigenvalue weighted by Crippen LogP contribution is -2.25. The van der Waals surface area contributed by atoms with E-state index in [4.69, 9.17) is 11.6 Å². The molecule has 5 heteroatoms. The summed E-state index contributed by atoms with van der Waals surface area (Å²) in [6, 6.07) is 7.87. The molecule has 1 amide bonds. The molecule has 0 fully saturated rings. The first-order valence-corrected chi connectivity index (χ1v) is 5.89. The van der Waals surface area contributed by atoms with Crippen LogP contribution in [0, 0.1) is 5.82 Å². The second-order valence-corrected chi connectivity index (χ2v) is 4.30. The monoisotopic (exact) mass is 266 g/mol. The molecule has 0 bridgehead atoms. The number of rotatable bonds is 4. The summed E-state index contributed by atoms with van der Waals surface area (Å²) in [7, 11) is 0. The summed E-state index contributed by atoms with van der Waals surface area (Å²) < 4.78 is 12.9. The molecule has 2 aromatic rings. The Labute approximate surface area is 109 Å². The minimum Gasteiger partial charge on any atom is -0.356 e. The van der Waals surface area contributed by atoms with Crippen molar-refractivity contribution in [3.8, 4) is 0 Å². The molecule has 1 heterocycles. The molecular weight excluding hydrogens is 255 g/mol. The van der Waals surface area contributed by atoms with Gasteiger partial charge in [-0.05, 0) is 30.2 Å². The highest BCUT2D eigenvalue weighted by Crippen LogP contribution is 2.09. The van der Waals surface area contributed by atoms with Gasteiger partial charge in [0.05, 0.1) is 5.02 Å². The quantitative estimate of drug-likeness (QED) is 0.878. The third kappa shape index (κ3) is 3.34. The number of aromatic amines is 1. The van der Waals surface area contributed by atoms with E-state index >= 15 is 0 Å². The molecule has 18 heavy (non-hydrogen) atoms. The highest BCUT2D eigenvalue weighted by molar-refractivity contribution is 6.30. The van der Waals surface area contributed by atoms with Crippen molar-refractivity contribution in [2.45, 2.75) is 6.42 Å². The SMILES string of the molecule is O=C(NCCc1cccc(F)c1)c1cc(Cl)c[nH]1. The van der Waals surface area contributed by atoms with E-state index in [1.165, 1.54) is 12.1 Å². The Kier molecular flexibility index (Phi) is 3.99. The lowest BCUT2D eigenvalue weighted by Gasteiger charge is -2.04. The van der Waals surface area contributed by atoms with Crippen LogP contribution in [0.15, 0.2) is 36.5 Å². The van der Waals surface area contributed by atoms with Gasteiger partial charge < -0.3 is 10.3 Å². The zero-order valence-electron chi connectivity index (χ0n) is 9.54. The largest absolute Gasteiger partial charge is 0.356 e. The molecular formula is C13H12ClFN2O. The normalized spacial score (nSPS) is 10.3. The zero-order valence-corrected chi connectivity index (χ0v) is 10.3. The van der Waals surface area contributed by atoms with Crippen molar-refractivity contribution in [2.24, 2.45) is 0 Å². The maximum atomic E-state index is 12.9. The highest BCUT2D eigenvalue weighted by atomic mass is 35.5. The molecule has 0 aliphatic heterocycles. The summed E-state index contributed by atoms with van der Waals surface area (Å²) in [5, 5.41) is 3.22. The van der Waals surface area contributed by atoms with E-state index in [9.17, 15) is 9.18 Å². The number of hydrogen-bond donors (Lipinski definition) is 2. The van der Waals surface area contributed by atoms with Crippen LogP contribution in [0.4, 0.5) is 4.39 Å². The molecule has 0 atom stereocenters. The predicted molar refractivity (Wildman–Crippen MR) is 68.2 cm³/mol. The van der Waals surface area contributed by atoms with Gasteiger partial charge >= 0.3 is 0 Å². The van der Waals surface area contributed by atoms with Crippen molar-refractivity contribution in [1.29, 1.82) is 0 Å². The van der Waals surface area contributed by atoms with Crippen LogP contribution < -0.4 is 5.32 Å². The average Bonchev–Trinajstić information content (AvgIpc) is 2.76. The molecule has 0 saturated heterocycles. The van der Waals surface area contributed by atoms with Crippen LogP contribution >= 0.6 is 11.6 Å². The Bertz CT molecular complexity index is 553. The number of halogens is 2. The van der Waals surface area contributed by atoms with Gasteiger partial charge in [0, 0.05) is 12.7 Å². The van der Waals surface area contributed by atoms with Gasteiger partial charge in [0.2, 0.25) is 0 Å². The standard InChI is InChI=1S/C13H12ClFN2O/c14-10-7-12(17-8-10)13(18)16-5-4-9-2-1-3-11(15)6-9/h1-3,6-8,17H,4-5H2,(H,16,18). The molecule has 3 nitrogen and oxygen atoms in total. The van der Waals surface area contributed by atoms with Gasteiger partial charge in [-0.2, -0.15) is 0 Å².